The quantitative estimate of drug-likeness (QED) is 0.0994. The highest BCUT2D eigenvalue weighted by atomic mass is 32.2. The van der Waals surface area contributed by atoms with Crippen LogP contribution in [0.3, 0.4) is 0 Å². The minimum atomic E-state index is -1.22. The molecule has 0 spiro atoms. The Labute approximate surface area is 332 Å². The zero-order chi connectivity index (χ0) is 41.0. The van der Waals surface area contributed by atoms with E-state index in [0.29, 0.717) is 6.42 Å². The van der Waals surface area contributed by atoms with Crippen LogP contribution in [0.1, 0.15) is 99.3 Å². The minimum Gasteiger partial charge on any atom is -0.458 e. The fourth-order valence-corrected chi connectivity index (χ4v) is 7.29. The first-order chi connectivity index (χ1) is 25.6. The zero-order valence-corrected chi connectivity index (χ0v) is 35.2. The Hall–Kier alpha value is -4.35. The average Bonchev–Trinajstić information content (AvgIpc) is 3.08. The highest BCUT2D eigenvalue weighted by molar-refractivity contribution is 8.00. The molecule has 3 aromatic carbocycles. The largest absolute Gasteiger partial charge is 0.458 e. The molecule has 0 unspecified atom stereocenters. The van der Waals surface area contributed by atoms with Gasteiger partial charge in [-0.25, -0.2) is 9.59 Å². The second-order valence-electron chi connectivity index (χ2n) is 17.0. The molecular weight excluding hydrogens is 715 g/mol. The first-order valence-electron chi connectivity index (χ1n) is 18.9. The summed E-state index contributed by atoms with van der Waals surface area (Å²) in [6, 6.07) is 26.6. The molecule has 0 heterocycles. The molecule has 0 saturated carbocycles. The number of hydrogen-bond donors (Lipinski definition) is 3. The van der Waals surface area contributed by atoms with Crippen LogP contribution in [0.15, 0.2) is 91.0 Å². The van der Waals surface area contributed by atoms with Gasteiger partial charge in [-0.3, -0.25) is 9.59 Å². The van der Waals surface area contributed by atoms with E-state index in [1.807, 2.05) is 126 Å². The van der Waals surface area contributed by atoms with Crippen LogP contribution < -0.4 is 16.0 Å². The van der Waals surface area contributed by atoms with Gasteiger partial charge in [0.05, 0.1) is 17.0 Å². The lowest BCUT2D eigenvalue weighted by atomic mass is 9.84. The van der Waals surface area contributed by atoms with E-state index in [9.17, 15) is 19.2 Å². The second-order valence-corrected chi connectivity index (χ2v) is 18.2. The van der Waals surface area contributed by atoms with Crippen molar-refractivity contribution in [1.29, 1.82) is 0 Å². The number of carbonyl (C=O) groups excluding carboxylic acids is 4. The summed E-state index contributed by atoms with van der Waals surface area (Å²) >= 11 is 1.48. The molecule has 0 bridgehead atoms. The van der Waals surface area contributed by atoms with Gasteiger partial charge in [0, 0.05) is 5.75 Å². The summed E-state index contributed by atoms with van der Waals surface area (Å²) < 4.78 is 16.5. The summed E-state index contributed by atoms with van der Waals surface area (Å²) in [5, 5.41) is 8.45. The molecule has 11 heteroatoms. The van der Waals surface area contributed by atoms with Crippen molar-refractivity contribution in [1.82, 2.24) is 16.0 Å². The summed E-state index contributed by atoms with van der Waals surface area (Å²) in [5.41, 5.74) is 0.660. The predicted octanol–water partition coefficient (Wildman–Crippen LogP) is 7.78. The Morgan fingerprint density at radius 2 is 0.982 bits per heavy atom. The first kappa shape index (κ1) is 45.0. The van der Waals surface area contributed by atoms with Crippen LogP contribution in [-0.4, -0.2) is 71.2 Å². The Bertz CT molecular complexity index is 1580. The molecule has 0 radical (unpaired) electrons. The molecule has 300 valence electrons. The SMILES string of the molecule is CC(C)C[C@@H](NC(=O)[C@H](COC(C)(C)C)NC(=O)[C@@H](CSC(c1ccccc1)(c1ccccc1)c1ccccc1)NC(=O)OC(C)(C)C)C(=O)OC(C)(C)C. The maximum absolute atomic E-state index is 14.5. The third-order valence-corrected chi connectivity index (χ3v) is 9.69. The van der Waals surface area contributed by atoms with Gasteiger partial charge in [-0.1, -0.05) is 105 Å². The molecule has 0 saturated heterocycles. The molecule has 3 aromatic rings. The van der Waals surface area contributed by atoms with E-state index >= 15 is 0 Å². The van der Waals surface area contributed by atoms with Gasteiger partial charge >= 0.3 is 12.1 Å². The highest BCUT2D eigenvalue weighted by Gasteiger charge is 2.40. The van der Waals surface area contributed by atoms with E-state index in [0.717, 1.165) is 16.7 Å². The van der Waals surface area contributed by atoms with Gasteiger partial charge in [0.15, 0.2) is 0 Å². The van der Waals surface area contributed by atoms with Crippen LogP contribution in [0.2, 0.25) is 0 Å². The maximum atomic E-state index is 14.5. The molecule has 3 amide bonds. The summed E-state index contributed by atoms with van der Waals surface area (Å²) in [4.78, 5) is 55.1. The number of alkyl carbamates (subject to hydrolysis) is 1. The van der Waals surface area contributed by atoms with Crippen LogP contribution in [-0.2, 0) is 33.3 Å². The monoisotopic (exact) mass is 775 g/mol. The first-order valence-corrected chi connectivity index (χ1v) is 19.9. The van der Waals surface area contributed by atoms with E-state index in [1.54, 1.807) is 41.5 Å². The van der Waals surface area contributed by atoms with Crippen molar-refractivity contribution in [3.05, 3.63) is 108 Å². The molecule has 0 aliphatic rings. The van der Waals surface area contributed by atoms with E-state index in [4.69, 9.17) is 14.2 Å². The van der Waals surface area contributed by atoms with Crippen molar-refractivity contribution in [3.8, 4) is 0 Å². The Morgan fingerprint density at radius 1 is 0.564 bits per heavy atom. The maximum Gasteiger partial charge on any atom is 0.408 e. The smallest absolute Gasteiger partial charge is 0.408 e. The summed E-state index contributed by atoms with van der Waals surface area (Å²) in [6.45, 7) is 19.7. The van der Waals surface area contributed by atoms with Crippen LogP contribution in [0.5, 0.6) is 0 Å². The summed E-state index contributed by atoms with van der Waals surface area (Å²) in [6.07, 6.45) is -0.464. The molecule has 55 heavy (non-hydrogen) atoms. The zero-order valence-electron chi connectivity index (χ0n) is 34.4. The predicted molar refractivity (Wildman–Crippen MR) is 220 cm³/mol. The van der Waals surface area contributed by atoms with Crippen LogP contribution in [0.4, 0.5) is 4.79 Å². The van der Waals surface area contributed by atoms with Gasteiger partial charge in [-0.2, -0.15) is 0 Å². The van der Waals surface area contributed by atoms with Crippen molar-refractivity contribution in [3.63, 3.8) is 0 Å². The number of rotatable bonds is 16. The Kier molecular flexibility index (Phi) is 16.0. The fraction of sp³-hybridized carbons (Fsp3) is 0.500. The second kappa shape index (κ2) is 19.5. The molecule has 10 nitrogen and oxygen atoms in total. The molecule has 0 fully saturated rings. The lowest BCUT2D eigenvalue weighted by Crippen LogP contribution is -2.59. The topological polar surface area (TPSA) is 132 Å². The van der Waals surface area contributed by atoms with Gasteiger partial charge in [-0.05, 0) is 91.3 Å². The molecule has 0 aliphatic carbocycles. The molecule has 0 aromatic heterocycles. The Balaban J connectivity index is 2.06. The molecule has 3 atom stereocenters. The van der Waals surface area contributed by atoms with Crippen molar-refractivity contribution in [2.45, 2.75) is 122 Å². The Morgan fingerprint density at radius 3 is 1.38 bits per heavy atom. The normalized spacial score (nSPS) is 14.0. The number of carbonyl (C=O) groups is 4. The van der Waals surface area contributed by atoms with Gasteiger partial charge in [0.1, 0.15) is 29.3 Å². The van der Waals surface area contributed by atoms with Crippen LogP contribution in [0.25, 0.3) is 0 Å². The number of benzene rings is 3. The molecule has 3 rings (SSSR count). The lowest BCUT2D eigenvalue weighted by molar-refractivity contribution is -0.159. The van der Waals surface area contributed by atoms with Crippen molar-refractivity contribution >= 4 is 35.6 Å². The van der Waals surface area contributed by atoms with E-state index in [-0.39, 0.29) is 18.3 Å². The van der Waals surface area contributed by atoms with Gasteiger partial charge < -0.3 is 30.2 Å². The van der Waals surface area contributed by atoms with Crippen molar-refractivity contribution in [2.75, 3.05) is 12.4 Å². The van der Waals surface area contributed by atoms with Crippen LogP contribution in [0, 0.1) is 5.92 Å². The molecular formula is C44H61N3O7S. The van der Waals surface area contributed by atoms with Crippen molar-refractivity contribution < 1.29 is 33.4 Å². The summed E-state index contributed by atoms with van der Waals surface area (Å²) in [7, 11) is 0. The number of amides is 3. The van der Waals surface area contributed by atoms with Gasteiger partial charge in [0.25, 0.3) is 0 Å². The third-order valence-electron chi connectivity index (χ3n) is 8.05. The van der Waals surface area contributed by atoms with Crippen LogP contribution >= 0.6 is 11.8 Å². The van der Waals surface area contributed by atoms with Gasteiger partial charge in [0.2, 0.25) is 11.8 Å². The van der Waals surface area contributed by atoms with E-state index < -0.39 is 63.6 Å². The van der Waals surface area contributed by atoms with Crippen molar-refractivity contribution in [2.24, 2.45) is 5.92 Å². The number of nitrogens with one attached hydrogen (secondary N) is 3. The molecule has 0 aliphatic heterocycles. The summed E-state index contributed by atoms with van der Waals surface area (Å²) in [5.74, 6) is -1.69. The molecule has 3 N–H and O–H groups in total. The van der Waals surface area contributed by atoms with E-state index in [1.165, 1.54) is 11.8 Å². The fourth-order valence-electron chi connectivity index (χ4n) is 5.73. The lowest BCUT2D eigenvalue weighted by Gasteiger charge is -2.36. The van der Waals surface area contributed by atoms with Gasteiger partial charge in [-0.15, -0.1) is 11.8 Å². The number of thioether (sulfide) groups is 1. The number of esters is 1. The third kappa shape index (κ3) is 14.7. The highest BCUT2D eigenvalue weighted by Crippen LogP contribution is 2.48. The number of hydrogen-bond acceptors (Lipinski definition) is 8. The number of ether oxygens (including phenoxy) is 3. The standard InChI is InChI=1S/C44H61N3O7S/c1-30(2)27-34(39(50)53-42(6,7)8)45-37(48)35(28-52-41(3,4)5)46-38(49)36(47-40(51)54-43(9,10)11)29-55-44(31-21-15-12-16-22-31,32-23-17-13-18-24-32)33-25-19-14-20-26-33/h12-26,30,34-36H,27-29H2,1-11H3,(H,45,48)(H,46,49)(H,47,51)/t34-,35+,36-/m1/s1. The van der Waals surface area contributed by atoms with E-state index in [2.05, 4.69) is 16.0 Å². The minimum absolute atomic E-state index is 0.0511. The average molecular weight is 776 g/mol.